The van der Waals surface area contributed by atoms with Gasteiger partial charge < -0.3 is 8.83 Å². The minimum absolute atomic E-state index is 0.505. The zero-order chi connectivity index (χ0) is 38.6. The van der Waals surface area contributed by atoms with Crippen molar-refractivity contribution in [1.82, 2.24) is 19.9 Å². The molecule has 0 bridgehead atoms. The number of aromatic nitrogens is 4. The first-order chi connectivity index (χ1) is 28.6. The van der Waals surface area contributed by atoms with E-state index >= 15 is 0 Å². The summed E-state index contributed by atoms with van der Waals surface area (Å²) in [7, 11) is 0. The zero-order valence-corrected chi connectivity index (χ0v) is 30.8. The molecule has 11 aromatic rings. The lowest BCUT2D eigenvalue weighted by Crippen LogP contribution is -2.01. The fourth-order valence-corrected chi connectivity index (χ4v) is 7.70. The van der Waals surface area contributed by atoms with Crippen LogP contribution >= 0.6 is 0 Å². The third-order valence-corrected chi connectivity index (χ3v) is 10.7. The summed E-state index contributed by atoms with van der Waals surface area (Å²) in [5, 5.41) is 13.7. The summed E-state index contributed by atoms with van der Waals surface area (Å²) in [4.78, 5) is 19.6. The van der Waals surface area contributed by atoms with Gasteiger partial charge in [-0.1, -0.05) is 78.9 Å². The van der Waals surface area contributed by atoms with Crippen LogP contribution in [0.4, 0.5) is 0 Å². The number of furan rings is 2. The fraction of sp³-hybridized carbons (Fsp3) is 0. The Morgan fingerprint density at radius 2 is 0.828 bits per heavy atom. The Morgan fingerprint density at radius 3 is 1.36 bits per heavy atom. The molecule has 0 aliphatic rings. The van der Waals surface area contributed by atoms with Crippen LogP contribution in [0.1, 0.15) is 5.56 Å². The molecule has 0 fully saturated rings. The summed E-state index contributed by atoms with van der Waals surface area (Å²) in [6, 6.07) is 57.1. The Bertz CT molecular complexity index is 3270. The van der Waals surface area contributed by atoms with Gasteiger partial charge in [0.25, 0.3) is 0 Å². The van der Waals surface area contributed by atoms with Crippen molar-refractivity contribution in [2.45, 2.75) is 0 Å². The van der Waals surface area contributed by atoms with Gasteiger partial charge in [-0.15, -0.1) is 0 Å². The van der Waals surface area contributed by atoms with E-state index in [-0.39, 0.29) is 0 Å². The van der Waals surface area contributed by atoms with Crippen LogP contribution in [-0.4, -0.2) is 19.9 Å². The Labute approximate surface area is 332 Å². The quantitative estimate of drug-likeness (QED) is 0.167. The molecule has 0 saturated carbocycles. The minimum atomic E-state index is 0.505. The first kappa shape index (κ1) is 33.2. The number of pyridine rings is 1. The second kappa shape index (κ2) is 13.5. The van der Waals surface area contributed by atoms with Gasteiger partial charge in [0.1, 0.15) is 22.3 Å². The largest absolute Gasteiger partial charge is 0.456 e. The number of hydrogen-bond acceptors (Lipinski definition) is 7. The molecule has 0 aliphatic carbocycles. The molecule has 0 unspecified atom stereocenters. The molecule has 7 heteroatoms. The number of hydrogen-bond donors (Lipinski definition) is 0. The van der Waals surface area contributed by atoms with Crippen molar-refractivity contribution in [2.75, 3.05) is 0 Å². The van der Waals surface area contributed by atoms with E-state index in [4.69, 9.17) is 23.8 Å². The van der Waals surface area contributed by atoms with Crippen molar-refractivity contribution in [3.8, 4) is 73.6 Å². The lowest BCUT2D eigenvalue weighted by molar-refractivity contribution is 0.668. The van der Waals surface area contributed by atoms with Gasteiger partial charge in [-0.3, -0.25) is 4.98 Å². The number of benzene rings is 7. The predicted octanol–water partition coefficient (Wildman–Crippen LogP) is 12.9. The molecule has 0 saturated heterocycles. The van der Waals surface area contributed by atoms with E-state index in [0.717, 1.165) is 93.9 Å². The van der Waals surface area contributed by atoms with Crippen molar-refractivity contribution in [2.24, 2.45) is 0 Å². The Hall–Kier alpha value is -8.21. The highest BCUT2D eigenvalue weighted by Crippen LogP contribution is 2.39. The molecule has 7 nitrogen and oxygen atoms in total. The lowest BCUT2D eigenvalue weighted by Gasteiger charge is -2.13. The zero-order valence-electron chi connectivity index (χ0n) is 30.8. The highest BCUT2D eigenvalue weighted by atomic mass is 16.3. The van der Waals surface area contributed by atoms with Crippen LogP contribution in [0.15, 0.2) is 185 Å². The Kier molecular flexibility index (Phi) is 7.73. The number of para-hydroxylation sites is 2. The van der Waals surface area contributed by atoms with Crippen molar-refractivity contribution in [3.05, 3.63) is 182 Å². The van der Waals surface area contributed by atoms with E-state index in [9.17, 15) is 5.26 Å². The topological polar surface area (TPSA) is 102 Å². The maximum Gasteiger partial charge on any atom is 0.164 e. The predicted molar refractivity (Wildman–Crippen MR) is 230 cm³/mol. The van der Waals surface area contributed by atoms with E-state index in [1.807, 2.05) is 91.1 Å². The van der Waals surface area contributed by atoms with Gasteiger partial charge in [0.2, 0.25) is 0 Å². The smallest absolute Gasteiger partial charge is 0.164 e. The van der Waals surface area contributed by atoms with E-state index < -0.39 is 0 Å². The third-order valence-electron chi connectivity index (χ3n) is 10.7. The van der Waals surface area contributed by atoms with E-state index in [2.05, 4.69) is 77.8 Å². The SMILES string of the molecule is N#Cc1ccc(-c2nc(-c3ccc(-c4cccnc4)cc3)nc(-c3cc(-c4ccc5oc6ccccc6c5c4)cc(-c4ccc5oc6ccccc6c5c4)c3)n2)cc1. The molecule has 11 rings (SSSR count). The second-order valence-corrected chi connectivity index (χ2v) is 14.2. The number of fused-ring (bicyclic) bond motifs is 6. The molecule has 0 spiro atoms. The van der Waals surface area contributed by atoms with Crippen molar-refractivity contribution >= 4 is 43.9 Å². The first-order valence-corrected chi connectivity index (χ1v) is 18.9. The summed E-state index contributed by atoms with van der Waals surface area (Å²) < 4.78 is 12.4. The Balaban J connectivity index is 1.12. The molecular formula is C51H29N5O2. The summed E-state index contributed by atoms with van der Waals surface area (Å²) in [5.74, 6) is 1.56. The second-order valence-electron chi connectivity index (χ2n) is 14.2. The molecular weight excluding hydrogens is 715 g/mol. The molecule has 7 aromatic carbocycles. The minimum Gasteiger partial charge on any atom is -0.456 e. The molecule has 270 valence electrons. The summed E-state index contributed by atoms with van der Waals surface area (Å²) >= 11 is 0. The third kappa shape index (κ3) is 5.85. The van der Waals surface area contributed by atoms with Gasteiger partial charge >= 0.3 is 0 Å². The highest BCUT2D eigenvalue weighted by Gasteiger charge is 2.17. The summed E-state index contributed by atoms with van der Waals surface area (Å²) in [6.45, 7) is 0. The summed E-state index contributed by atoms with van der Waals surface area (Å²) in [6.07, 6.45) is 3.62. The van der Waals surface area contributed by atoms with Gasteiger partial charge in [0.15, 0.2) is 17.5 Å². The van der Waals surface area contributed by atoms with Crippen LogP contribution in [0, 0.1) is 11.3 Å². The van der Waals surface area contributed by atoms with Gasteiger partial charge in [0.05, 0.1) is 11.6 Å². The van der Waals surface area contributed by atoms with Crippen LogP contribution in [0.25, 0.3) is 111 Å². The fourth-order valence-electron chi connectivity index (χ4n) is 7.70. The van der Waals surface area contributed by atoms with E-state index in [0.29, 0.717) is 23.0 Å². The first-order valence-electron chi connectivity index (χ1n) is 18.9. The number of nitrogens with zero attached hydrogens (tertiary/aromatic N) is 5. The monoisotopic (exact) mass is 743 g/mol. The van der Waals surface area contributed by atoms with Crippen LogP contribution in [0.2, 0.25) is 0 Å². The average Bonchev–Trinajstić information content (AvgIpc) is 3.87. The van der Waals surface area contributed by atoms with Gasteiger partial charge in [0, 0.05) is 50.6 Å². The molecule has 0 aliphatic heterocycles. The van der Waals surface area contributed by atoms with Gasteiger partial charge in [-0.25, -0.2) is 15.0 Å². The normalized spacial score (nSPS) is 11.4. The number of nitriles is 1. The Morgan fingerprint density at radius 1 is 0.362 bits per heavy atom. The van der Waals surface area contributed by atoms with Crippen LogP contribution in [0.3, 0.4) is 0 Å². The molecule has 0 N–H and O–H groups in total. The van der Waals surface area contributed by atoms with Crippen molar-refractivity contribution in [3.63, 3.8) is 0 Å². The number of rotatable bonds is 6. The summed E-state index contributed by atoms with van der Waals surface area (Å²) in [5.41, 5.74) is 12.5. The maximum absolute atomic E-state index is 9.52. The van der Waals surface area contributed by atoms with Crippen molar-refractivity contribution in [1.29, 1.82) is 5.26 Å². The van der Waals surface area contributed by atoms with Crippen LogP contribution < -0.4 is 0 Å². The van der Waals surface area contributed by atoms with E-state index in [1.54, 1.807) is 18.3 Å². The molecule has 4 aromatic heterocycles. The van der Waals surface area contributed by atoms with Crippen LogP contribution in [0.5, 0.6) is 0 Å². The molecule has 0 atom stereocenters. The molecule has 0 radical (unpaired) electrons. The molecule has 0 amide bonds. The average molecular weight is 744 g/mol. The maximum atomic E-state index is 9.52. The lowest BCUT2D eigenvalue weighted by atomic mass is 9.94. The highest BCUT2D eigenvalue weighted by molar-refractivity contribution is 6.07. The van der Waals surface area contributed by atoms with E-state index in [1.165, 1.54) is 0 Å². The standard InChI is InChI=1S/C51H29N5O2/c52-29-31-11-13-33(14-12-31)49-54-50(34-17-15-32(16-18-34)37-6-5-23-53-30-37)56-51(55-49)40-25-38(35-19-21-47-43(27-35)41-7-1-3-9-45(41)57-47)24-39(26-40)36-20-22-48-44(28-36)42-8-2-4-10-46(42)58-48/h1-28,30H. The van der Waals surface area contributed by atoms with Gasteiger partial charge in [-0.05, 0) is 118 Å². The van der Waals surface area contributed by atoms with Crippen LogP contribution in [-0.2, 0) is 0 Å². The van der Waals surface area contributed by atoms with Gasteiger partial charge in [-0.2, -0.15) is 5.26 Å². The molecule has 4 heterocycles. The molecule has 58 heavy (non-hydrogen) atoms. The van der Waals surface area contributed by atoms with Crippen molar-refractivity contribution < 1.29 is 8.83 Å².